The molecule has 0 amide bonds. The number of ether oxygens (including phenoxy) is 4. The Kier molecular flexibility index (Phi) is 9.69. The van der Waals surface area contributed by atoms with E-state index in [-0.39, 0.29) is 29.8 Å². The molecular formula is C27H31NO6. The molecule has 2 aromatic carbocycles. The molecule has 0 aliphatic carbocycles. The summed E-state index contributed by atoms with van der Waals surface area (Å²) in [5.41, 5.74) is 1.70. The molecule has 0 N–H and O–H groups in total. The summed E-state index contributed by atoms with van der Waals surface area (Å²) < 4.78 is 21.3. The molecule has 0 fully saturated rings. The maximum absolute atomic E-state index is 12.3. The predicted molar refractivity (Wildman–Crippen MR) is 129 cm³/mol. The number of carbonyl (C=O) groups is 2. The molecule has 0 aromatic heterocycles. The Morgan fingerprint density at radius 2 is 1.76 bits per heavy atom. The van der Waals surface area contributed by atoms with Gasteiger partial charge in [0.15, 0.2) is 11.5 Å². The molecule has 7 heteroatoms. The van der Waals surface area contributed by atoms with Gasteiger partial charge in [-0.2, -0.15) is 5.26 Å². The Morgan fingerprint density at radius 1 is 1.06 bits per heavy atom. The number of hydrogen-bond acceptors (Lipinski definition) is 7. The summed E-state index contributed by atoms with van der Waals surface area (Å²) in [6.07, 6.45) is 2.05. The third-order valence-electron chi connectivity index (χ3n) is 4.85. The second kappa shape index (κ2) is 12.4. The van der Waals surface area contributed by atoms with E-state index in [0.717, 1.165) is 5.75 Å². The second-order valence-corrected chi connectivity index (χ2v) is 8.50. The van der Waals surface area contributed by atoms with Crippen LogP contribution in [0, 0.1) is 11.3 Å². The van der Waals surface area contributed by atoms with Crippen molar-refractivity contribution in [3.63, 3.8) is 0 Å². The summed E-state index contributed by atoms with van der Waals surface area (Å²) in [6.45, 7) is 8.68. The van der Waals surface area contributed by atoms with E-state index in [2.05, 4.69) is 20.8 Å². The number of nitriles is 1. The van der Waals surface area contributed by atoms with Gasteiger partial charge in [0, 0.05) is 6.42 Å². The van der Waals surface area contributed by atoms with Crippen molar-refractivity contribution in [1.29, 1.82) is 5.26 Å². The van der Waals surface area contributed by atoms with Crippen LogP contribution in [0.2, 0.25) is 0 Å². The predicted octanol–water partition coefficient (Wildman–Crippen LogP) is 5.23. The third kappa shape index (κ3) is 7.96. The first kappa shape index (κ1) is 26.5. The molecule has 0 aliphatic rings. The van der Waals surface area contributed by atoms with Crippen molar-refractivity contribution in [2.75, 3.05) is 20.3 Å². The van der Waals surface area contributed by atoms with E-state index in [1.807, 2.05) is 30.3 Å². The van der Waals surface area contributed by atoms with Crippen LogP contribution in [0.3, 0.4) is 0 Å². The quantitative estimate of drug-likeness (QED) is 0.156. The zero-order valence-corrected chi connectivity index (χ0v) is 20.3. The fourth-order valence-electron chi connectivity index (χ4n) is 3.00. The summed E-state index contributed by atoms with van der Waals surface area (Å²) >= 11 is 0. The number of carbonyl (C=O) groups excluding carboxylic acids is 2. The number of esters is 2. The van der Waals surface area contributed by atoms with Gasteiger partial charge in [0.2, 0.25) is 0 Å². The van der Waals surface area contributed by atoms with Crippen molar-refractivity contribution >= 4 is 18.0 Å². The molecule has 2 aromatic rings. The number of rotatable bonds is 10. The van der Waals surface area contributed by atoms with E-state index >= 15 is 0 Å². The molecular weight excluding hydrogens is 434 g/mol. The summed E-state index contributed by atoms with van der Waals surface area (Å²) in [7, 11) is 1.44. The Labute approximate surface area is 200 Å². The lowest BCUT2D eigenvalue weighted by atomic mass is 9.87. The Bertz CT molecular complexity index is 1060. The average molecular weight is 466 g/mol. The molecule has 0 saturated carbocycles. The monoisotopic (exact) mass is 465 g/mol. The van der Waals surface area contributed by atoms with Crippen molar-refractivity contribution in [3.8, 4) is 23.3 Å². The maximum Gasteiger partial charge on any atom is 0.348 e. The van der Waals surface area contributed by atoms with Gasteiger partial charge in [0.05, 0.1) is 20.3 Å². The van der Waals surface area contributed by atoms with Gasteiger partial charge in [0.1, 0.15) is 17.4 Å². The van der Waals surface area contributed by atoms with Crippen molar-refractivity contribution in [2.24, 2.45) is 0 Å². The molecule has 0 spiro atoms. The van der Waals surface area contributed by atoms with Crippen LogP contribution in [0.1, 0.15) is 51.7 Å². The highest BCUT2D eigenvalue weighted by molar-refractivity contribution is 5.98. The lowest BCUT2D eigenvalue weighted by molar-refractivity contribution is -0.138. The van der Waals surface area contributed by atoms with Gasteiger partial charge in [-0.05, 0) is 60.2 Å². The normalized spacial score (nSPS) is 11.4. The van der Waals surface area contributed by atoms with Gasteiger partial charge in [-0.3, -0.25) is 4.79 Å². The largest absolute Gasteiger partial charge is 0.494 e. The molecule has 0 radical (unpaired) electrons. The molecule has 0 bridgehead atoms. The van der Waals surface area contributed by atoms with Crippen molar-refractivity contribution in [3.05, 3.63) is 59.2 Å². The van der Waals surface area contributed by atoms with Gasteiger partial charge >= 0.3 is 11.9 Å². The fourth-order valence-corrected chi connectivity index (χ4v) is 3.00. The molecule has 0 aliphatic heterocycles. The van der Waals surface area contributed by atoms with E-state index in [9.17, 15) is 14.9 Å². The minimum Gasteiger partial charge on any atom is -0.494 e. The second-order valence-electron chi connectivity index (χ2n) is 8.50. The fraction of sp³-hybridized carbons (Fsp3) is 0.370. The van der Waals surface area contributed by atoms with Crippen molar-refractivity contribution < 1.29 is 28.5 Å². The van der Waals surface area contributed by atoms with E-state index in [0.29, 0.717) is 24.3 Å². The minimum absolute atomic E-state index is 0.0801. The van der Waals surface area contributed by atoms with E-state index in [1.165, 1.54) is 18.7 Å². The van der Waals surface area contributed by atoms with Crippen LogP contribution in [-0.4, -0.2) is 32.3 Å². The first-order valence-corrected chi connectivity index (χ1v) is 11.1. The van der Waals surface area contributed by atoms with Gasteiger partial charge in [-0.1, -0.05) is 39.0 Å². The number of methoxy groups -OCH3 is 1. The SMILES string of the molecule is CCOC(=O)/C(C#N)=C/c1ccc(OC(=O)CCCOc2ccc(C(C)(C)C)cc2)c(OC)c1. The smallest absolute Gasteiger partial charge is 0.348 e. The third-order valence-corrected chi connectivity index (χ3v) is 4.85. The van der Waals surface area contributed by atoms with Gasteiger partial charge < -0.3 is 18.9 Å². The number of hydrogen-bond donors (Lipinski definition) is 0. The van der Waals surface area contributed by atoms with Crippen LogP contribution in [0.15, 0.2) is 48.0 Å². The molecule has 7 nitrogen and oxygen atoms in total. The summed E-state index contributed by atoms with van der Waals surface area (Å²) in [4.78, 5) is 24.1. The van der Waals surface area contributed by atoms with Crippen LogP contribution in [0.5, 0.6) is 17.2 Å². The van der Waals surface area contributed by atoms with Crippen LogP contribution >= 0.6 is 0 Å². The molecule has 0 atom stereocenters. The van der Waals surface area contributed by atoms with Gasteiger partial charge in [-0.15, -0.1) is 0 Å². The van der Waals surface area contributed by atoms with E-state index in [4.69, 9.17) is 18.9 Å². The highest BCUT2D eigenvalue weighted by Gasteiger charge is 2.14. The Balaban J connectivity index is 1.90. The molecule has 0 heterocycles. The summed E-state index contributed by atoms with van der Waals surface area (Å²) in [6, 6.07) is 14.5. The number of nitrogens with zero attached hydrogens (tertiary/aromatic N) is 1. The zero-order chi connectivity index (χ0) is 25.1. The Hall–Kier alpha value is -3.79. The molecule has 180 valence electrons. The van der Waals surface area contributed by atoms with Crippen LogP contribution in [0.4, 0.5) is 0 Å². The minimum atomic E-state index is -0.702. The van der Waals surface area contributed by atoms with Crippen molar-refractivity contribution in [2.45, 2.75) is 46.0 Å². The van der Waals surface area contributed by atoms with Gasteiger partial charge in [-0.25, -0.2) is 4.79 Å². The van der Waals surface area contributed by atoms with E-state index < -0.39 is 11.9 Å². The van der Waals surface area contributed by atoms with Gasteiger partial charge in [0.25, 0.3) is 0 Å². The molecule has 0 unspecified atom stereocenters. The van der Waals surface area contributed by atoms with E-state index in [1.54, 1.807) is 25.1 Å². The number of benzene rings is 2. The van der Waals surface area contributed by atoms with Crippen molar-refractivity contribution in [1.82, 2.24) is 0 Å². The van der Waals surface area contributed by atoms with Crippen LogP contribution in [-0.2, 0) is 19.7 Å². The highest BCUT2D eigenvalue weighted by Crippen LogP contribution is 2.29. The topological polar surface area (TPSA) is 94.9 Å². The van der Waals surface area contributed by atoms with Crippen LogP contribution in [0.25, 0.3) is 6.08 Å². The molecule has 34 heavy (non-hydrogen) atoms. The van der Waals surface area contributed by atoms with Crippen LogP contribution < -0.4 is 14.2 Å². The summed E-state index contributed by atoms with van der Waals surface area (Å²) in [5.74, 6) is 0.187. The first-order chi connectivity index (χ1) is 16.2. The first-order valence-electron chi connectivity index (χ1n) is 11.1. The lowest BCUT2D eigenvalue weighted by Crippen LogP contribution is -2.11. The highest BCUT2D eigenvalue weighted by atomic mass is 16.6. The lowest BCUT2D eigenvalue weighted by Gasteiger charge is -2.19. The average Bonchev–Trinajstić information content (AvgIpc) is 2.81. The molecule has 0 saturated heterocycles. The summed E-state index contributed by atoms with van der Waals surface area (Å²) in [5, 5.41) is 9.17. The standard InChI is InChI=1S/C27H31NO6/c1-6-32-26(30)20(18-28)16-19-9-14-23(24(17-19)31-5)34-25(29)8-7-15-33-22-12-10-21(11-13-22)27(2,3)4/h9-14,16-17H,6-8,15H2,1-5H3/b20-16+. The maximum atomic E-state index is 12.3. The molecule has 2 rings (SSSR count). The zero-order valence-electron chi connectivity index (χ0n) is 20.3. The Morgan fingerprint density at radius 3 is 2.35 bits per heavy atom.